The number of carbonyl (C=O) groups excluding carboxylic acids is 1. The number of nitrogens with zero attached hydrogens (tertiary/aromatic N) is 3. The van der Waals surface area contributed by atoms with Crippen LogP contribution in [0.2, 0.25) is 0 Å². The third kappa shape index (κ3) is 3.75. The maximum atomic E-state index is 11.8. The number of nitrogens with one attached hydrogen (secondary N) is 2. The molecule has 0 aliphatic heterocycles. The molecule has 2 aromatic rings. The summed E-state index contributed by atoms with van der Waals surface area (Å²) in [5, 5.41) is 14.1. The van der Waals surface area contributed by atoms with Crippen molar-refractivity contribution in [2.45, 2.75) is 38.5 Å². The Kier molecular flexibility index (Phi) is 4.88. The zero-order valence-corrected chi connectivity index (χ0v) is 12.8. The molecule has 0 radical (unpaired) electrons. The standard InChI is InChI=1S/C16H23N5O/c22-16(18-12-13-6-2-1-3-7-13)17-10-9-15-20-19-14-8-4-5-11-21(14)15/h4-5,8,11,13H,1-3,6-7,9-10,12H2,(H2,17,18,22). The Labute approximate surface area is 130 Å². The van der Waals surface area contributed by atoms with Gasteiger partial charge >= 0.3 is 6.03 Å². The van der Waals surface area contributed by atoms with E-state index in [0.717, 1.165) is 18.0 Å². The van der Waals surface area contributed by atoms with E-state index in [1.54, 1.807) is 0 Å². The quantitative estimate of drug-likeness (QED) is 0.889. The van der Waals surface area contributed by atoms with Gasteiger partial charge in [0, 0.05) is 25.7 Å². The summed E-state index contributed by atoms with van der Waals surface area (Å²) >= 11 is 0. The molecule has 0 atom stereocenters. The van der Waals surface area contributed by atoms with Crippen molar-refractivity contribution >= 4 is 11.7 Å². The lowest BCUT2D eigenvalue weighted by Crippen LogP contribution is -2.39. The molecule has 22 heavy (non-hydrogen) atoms. The van der Waals surface area contributed by atoms with Crippen molar-refractivity contribution in [3.8, 4) is 0 Å². The first-order valence-corrected chi connectivity index (χ1v) is 8.13. The molecule has 2 N–H and O–H groups in total. The van der Waals surface area contributed by atoms with Crippen LogP contribution < -0.4 is 10.6 Å². The molecular formula is C16H23N5O. The van der Waals surface area contributed by atoms with Gasteiger partial charge in [0.25, 0.3) is 0 Å². The largest absolute Gasteiger partial charge is 0.338 e. The summed E-state index contributed by atoms with van der Waals surface area (Å²) in [6.07, 6.45) is 9.03. The van der Waals surface area contributed by atoms with Crippen LogP contribution in [0.5, 0.6) is 0 Å². The van der Waals surface area contributed by atoms with Crippen LogP contribution in [-0.4, -0.2) is 33.7 Å². The molecule has 1 aliphatic carbocycles. The van der Waals surface area contributed by atoms with Gasteiger partial charge in [0.1, 0.15) is 5.82 Å². The molecule has 1 fully saturated rings. The summed E-state index contributed by atoms with van der Waals surface area (Å²) in [7, 11) is 0. The van der Waals surface area contributed by atoms with Crippen molar-refractivity contribution in [3.63, 3.8) is 0 Å². The third-order valence-electron chi connectivity index (χ3n) is 4.29. The van der Waals surface area contributed by atoms with Crippen LogP contribution in [0.15, 0.2) is 24.4 Å². The monoisotopic (exact) mass is 301 g/mol. The molecule has 0 unspecified atom stereocenters. The molecule has 2 aromatic heterocycles. The van der Waals surface area contributed by atoms with Crippen LogP contribution in [0, 0.1) is 5.92 Å². The SMILES string of the molecule is O=C(NCCc1nnc2ccccn12)NCC1CCCCC1. The number of fused-ring (bicyclic) bond motifs is 1. The second kappa shape index (κ2) is 7.24. The highest BCUT2D eigenvalue weighted by atomic mass is 16.2. The number of pyridine rings is 1. The normalized spacial score (nSPS) is 15.8. The first kappa shape index (κ1) is 14.8. The topological polar surface area (TPSA) is 71.3 Å². The lowest BCUT2D eigenvalue weighted by Gasteiger charge is -2.21. The molecule has 0 bridgehead atoms. The minimum absolute atomic E-state index is 0.0839. The number of hydrogen-bond donors (Lipinski definition) is 2. The second-order valence-corrected chi connectivity index (χ2v) is 5.94. The second-order valence-electron chi connectivity index (χ2n) is 5.94. The van der Waals surface area contributed by atoms with Gasteiger partial charge in [0.05, 0.1) is 0 Å². The molecule has 1 aliphatic rings. The van der Waals surface area contributed by atoms with Crippen molar-refractivity contribution in [2.24, 2.45) is 5.92 Å². The summed E-state index contributed by atoms with van der Waals surface area (Å²) in [4.78, 5) is 11.8. The Morgan fingerprint density at radius 2 is 2.05 bits per heavy atom. The molecule has 0 spiro atoms. The maximum Gasteiger partial charge on any atom is 0.314 e. The van der Waals surface area contributed by atoms with E-state index in [9.17, 15) is 4.79 Å². The predicted molar refractivity (Wildman–Crippen MR) is 84.7 cm³/mol. The highest BCUT2D eigenvalue weighted by molar-refractivity contribution is 5.73. The third-order valence-corrected chi connectivity index (χ3v) is 4.29. The summed E-state index contributed by atoms with van der Waals surface area (Å²) in [6.45, 7) is 1.35. The van der Waals surface area contributed by atoms with Crippen LogP contribution in [0.25, 0.3) is 5.65 Å². The van der Waals surface area contributed by atoms with Crippen LogP contribution in [0.3, 0.4) is 0 Å². The van der Waals surface area contributed by atoms with Gasteiger partial charge in [-0.2, -0.15) is 0 Å². The lowest BCUT2D eigenvalue weighted by atomic mass is 9.89. The number of amides is 2. The van der Waals surface area contributed by atoms with E-state index in [-0.39, 0.29) is 6.03 Å². The Bertz CT molecular complexity index is 618. The number of aromatic nitrogens is 3. The van der Waals surface area contributed by atoms with Crippen LogP contribution in [0.1, 0.15) is 37.9 Å². The summed E-state index contributed by atoms with van der Waals surface area (Å²) in [6, 6.07) is 5.72. The molecular weight excluding hydrogens is 278 g/mol. The molecule has 2 amide bonds. The smallest absolute Gasteiger partial charge is 0.314 e. The minimum atomic E-state index is -0.0839. The Balaban J connectivity index is 1.40. The Morgan fingerprint density at radius 1 is 1.18 bits per heavy atom. The van der Waals surface area contributed by atoms with Crippen molar-refractivity contribution in [1.29, 1.82) is 0 Å². The molecule has 6 nitrogen and oxygen atoms in total. The van der Waals surface area contributed by atoms with Gasteiger partial charge in [-0.15, -0.1) is 10.2 Å². The van der Waals surface area contributed by atoms with E-state index in [4.69, 9.17) is 0 Å². The fourth-order valence-electron chi connectivity index (χ4n) is 3.04. The van der Waals surface area contributed by atoms with Crippen molar-refractivity contribution < 1.29 is 4.79 Å². The highest BCUT2D eigenvalue weighted by Gasteiger charge is 2.14. The van der Waals surface area contributed by atoms with Gasteiger partial charge in [-0.1, -0.05) is 25.3 Å². The lowest BCUT2D eigenvalue weighted by molar-refractivity contribution is 0.236. The minimum Gasteiger partial charge on any atom is -0.338 e. The summed E-state index contributed by atoms with van der Waals surface area (Å²) in [5.41, 5.74) is 0.833. The average Bonchev–Trinajstić information content (AvgIpc) is 2.97. The van der Waals surface area contributed by atoms with E-state index in [1.807, 2.05) is 28.8 Å². The first-order chi connectivity index (χ1) is 10.8. The molecule has 0 aromatic carbocycles. The number of urea groups is 1. The Morgan fingerprint density at radius 3 is 2.91 bits per heavy atom. The zero-order valence-electron chi connectivity index (χ0n) is 12.8. The van der Waals surface area contributed by atoms with Crippen LogP contribution in [0.4, 0.5) is 4.79 Å². The number of rotatable bonds is 5. The predicted octanol–water partition coefficient (Wildman–Crippen LogP) is 2.15. The van der Waals surface area contributed by atoms with Gasteiger partial charge in [0.15, 0.2) is 5.65 Å². The van der Waals surface area contributed by atoms with E-state index < -0.39 is 0 Å². The summed E-state index contributed by atoms with van der Waals surface area (Å²) < 4.78 is 1.95. The van der Waals surface area contributed by atoms with E-state index >= 15 is 0 Å². The van der Waals surface area contributed by atoms with Crippen molar-refractivity contribution in [3.05, 3.63) is 30.2 Å². The van der Waals surface area contributed by atoms with Gasteiger partial charge in [0.2, 0.25) is 0 Å². The van der Waals surface area contributed by atoms with Crippen LogP contribution in [-0.2, 0) is 6.42 Å². The van der Waals surface area contributed by atoms with Gasteiger partial charge in [-0.05, 0) is 30.9 Å². The van der Waals surface area contributed by atoms with Gasteiger partial charge in [-0.3, -0.25) is 4.40 Å². The number of hydrogen-bond acceptors (Lipinski definition) is 3. The first-order valence-electron chi connectivity index (χ1n) is 8.13. The molecule has 1 saturated carbocycles. The molecule has 118 valence electrons. The van der Waals surface area contributed by atoms with E-state index in [1.165, 1.54) is 32.1 Å². The van der Waals surface area contributed by atoms with Crippen molar-refractivity contribution in [1.82, 2.24) is 25.2 Å². The average molecular weight is 301 g/mol. The van der Waals surface area contributed by atoms with Gasteiger partial charge in [-0.25, -0.2) is 4.79 Å². The molecule has 3 rings (SSSR count). The Hall–Kier alpha value is -2.11. The summed E-state index contributed by atoms with van der Waals surface area (Å²) in [5.74, 6) is 1.52. The highest BCUT2D eigenvalue weighted by Crippen LogP contribution is 2.22. The fraction of sp³-hybridized carbons (Fsp3) is 0.562. The van der Waals surface area contributed by atoms with Crippen LogP contribution >= 0.6 is 0 Å². The van der Waals surface area contributed by atoms with E-state index in [0.29, 0.717) is 18.9 Å². The maximum absolute atomic E-state index is 11.8. The number of carbonyl (C=O) groups is 1. The van der Waals surface area contributed by atoms with Gasteiger partial charge < -0.3 is 10.6 Å². The van der Waals surface area contributed by atoms with Crippen molar-refractivity contribution in [2.75, 3.05) is 13.1 Å². The zero-order chi connectivity index (χ0) is 15.2. The molecule has 6 heteroatoms. The molecule has 2 heterocycles. The fourth-order valence-corrected chi connectivity index (χ4v) is 3.04. The molecule has 0 saturated heterocycles. The van der Waals surface area contributed by atoms with E-state index in [2.05, 4.69) is 20.8 Å².